The number of alkyl halides is 1. The normalized spacial score (nSPS) is 22.4. The predicted octanol–water partition coefficient (Wildman–Crippen LogP) is -2.29. The van der Waals surface area contributed by atoms with E-state index in [1.807, 2.05) is 0 Å². The molecule has 68 valence electrons. The van der Waals surface area contributed by atoms with E-state index in [0.29, 0.717) is 0 Å². The van der Waals surface area contributed by atoms with Crippen LogP contribution in [-0.4, -0.2) is 50.3 Å². The van der Waals surface area contributed by atoms with Crippen LogP contribution in [0.15, 0.2) is 0 Å². The predicted molar refractivity (Wildman–Crippen MR) is 42.3 cm³/mol. The molecule has 1 saturated heterocycles. The van der Waals surface area contributed by atoms with Gasteiger partial charge in [0.2, 0.25) is 0 Å². The highest BCUT2D eigenvalue weighted by Gasteiger charge is 2.23. The van der Waals surface area contributed by atoms with Crippen molar-refractivity contribution in [1.82, 2.24) is 0 Å². The Morgan fingerprint density at radius 2 is 1.91 bits per heavy atom. The van der Waals surface area contributed by atoms with Crippen molar-refractivity contribution in [3.8, 4) is 0 Å². The number of morpholine rings is 1. The lowest BCUT2D eigenvalue weighted by molar-refractivity contribution is -0.914. The zero-order valence-electron chi connectivity index (χ0n) is 6.85. The van der Waals surface area contributed by atoms with Crippen molar-refractivity contribution < 1.29 is 33.2 Å². The van der Waals surface area contributed by atoms with E-state index in [9.17, 15) is 0 Å². The van der Waals surface area contributed by atoms with Crippen LogP contribution in [0.5, 0.6) is 0 Å². The van der Waals surface area contributed by atoms with E-state index in [-0.39, 0.29) is 24.0 Å². The zero-order chi connectivity index (χ0) is 7.45. The van der Waals surface area contributed by atoms with Gasteiger partial charge in [0.25, 0.3) is 0 Å². The van der Waals surface area contributed by atoms with E-state index in [4.69, 9.17) is 16.3 Å². The van der Waals surface area contributed by atoms with E-state index >= 15 is 0 Å². The summed E-state index contributed by atoms with van der Waals surface area (Å²) >= 11 is 5.67. The highest BCUT2D eigenvalue weighted by molar-refractivity contribution is 6.17. The summed E-state index contributed by atoms with van der Waals surface area (Å²) in [4.78, 5) is 0. The second-order valence-electron chi connectivity index (χ2n) is 3.09. The minimum Gasteiger partial charge on any atom is -1.00 e. The van der Waals surface area contributed by atoms with Crippen LogP contribution in [0.3, 0.4) is 0 Å². The summed E-state index contributed by atoms with van der Waals surface area (Å²) in [6, 6.07) is 0. The van der Waals surface area contributed by atoms with Gasteiger partial charge in [-0.05, 0) is 0 Å². The molecule has 1 heterocycles. The van der Waals surface area contributed by atoms with Crippen molar-refractivity contribution >= 4 is 11.6 Å². The van der Waals surface area contributed by atoms with Crippen LogP contribution in [-0.2, 0) is 4.74 Å². The van der Waals surface area contributed by atoms with Gasteiger partial charge < -0.3 is 33.2 Å². The molecule has 4 heteroatoms. The summed E-state index contributed by atoms with van der Waals surface area (Å²) in [5.41, 5.74) is 0. The van der Waals surface area contributed by atoms with Crippen LogP contribution in [0.4, 0.5) is 0 Å². The molecular formula is C7H15ClINO. The lowest BCUT2D eigenvalue weighted by atomic mass is 10.3. The fraction of sp³-hybridized carbons (Fsp3) is 1.00. The number of rotatable bonds is 2. The van der Waals surface area contributed by atoms with Gasteiger partial charge in [0.05, 0.1) is 32.7 Å². The van der Waals surface area contributed by atoms with Gasteiger partial charge in [0.15, 0.2) is 0 Å². The first-order valence-electron chi connectivity index (χ1n) is 3.74. The number of halogens is 2. The molecule has 0 spiro atoms. The Bertz CT molecular complexity index is 101. The summed E-state index contributed by atoms with van der Waals surface area (Å²) in [6.07, 6.45) is 0. The third-order valence-electron chi connectivity index (χ3n) is 2.18. The minimum atomic E-state index is 0. The van der Waals surface area contributed by atoms with Gasteiger partial charge in [-0.2, -0.15) is 0 Å². The van der Waals surface area contributed by atoms with Crippen molar-refractivity contribution in [2.24, 2.45) is 0 Å². The maximum absolute atomic E-state index is 5.67. The molecular weight excluding hydrogens is 276 g/mol. The van der Waals surface area contributed by atoms with Gasteiger partial charge in [-0.25, -0.2) is 0 Å². The molecule has 11 heavy (non-hydrogen) atoms. The zero-order valence-corrected chi connectivity index (χ0v) is 9.77. The molecule has 1 aliphatic rings. The molecule has 1 rings (SSSR count). The number of quaternary nitrogens is 1. The van der Waals surface area contributed by atoms with Gasteiger partial charge in [-0.3, -0.25) is 0 Å². The van der Waals surface area contributed by atoms with Crippen LogP contribution in [0.2, 0.25) is 0 Å². The first kappa shape index (κ1) is 11.9. The summed E-state index contributed by atoms with van der Waals surface area (Å²) in [5, 5.41) is 0. The molecule has 0 N–H and O–H groups in total. The summed E-state index contributed by atoms with van der Waals surface area (Å²) in [5.74, 6) is 0.760. The number of hydrogen-bond donors (Lipinski definition) is 0. The highest BCUT2D eigenvalue weighted by Crippen LogP contribution is 2.06. The second-order valence-corrected chi connectivity index (χ2v) is 3.47. The smallest absolute Gasteiger partial charge is 0.102 e. The first-order valence-corrected chi connectivity index (χ1v) is 4.28. The van der Waals surface area contributed by atoms with Gasteiger partial charge in [-0.15, -0.1) is 11.6 Å². The van der Waals surface area contributed by atoms with Gasteiger partial charge in [0.1, 0.15) is 13.1 Å². The van der Waals surface area contributed by atoms with Crippen molar-refractivity contribution in [3.05, 3.63) is 0 Å². The largest absolute Gasteiger partial charge is 1.00 e. The third-order valence-corrected chi connectivity index (χ3v) is 2.34. The molecule has 0 unspecified atom stereocenters. The summed E-state index contributed by atoms with van der Waals surface area (Å²) < 4.78 is 6.34. The number of hydrogen-bond acceptors (Lipinski definition) is 1. The Hall–Kier alpha value is 0.940. The molecule has 0 aromatic rings. The quantitative estimate of drug-likeness (QED) is 0.316. The summed E-state index contributed by atoms with van der Waals surface area (Å²) in [7, 11) is 2.24. The average Bonchev–Trinajstić information content (AvgIpc) is 1.89. The fourth-order valence-corrected chi connectivity index (χ4v) is 1.62. The SMILES string of the molecule is C[N+]1(CCCl)CCOCC1.[I-]. The van der Waals surface area contributed by atoms with E-state index in [1.165, 1.54) is 0 Å². The molecule has 0 radical (unpaired) electrons. The van der Waals surface area contributed by atoms with Crippen LogP contribution < -0.4 is 24.0 Å². The lowest BCUT2D eigenvalue weighted by Crippen LogP contribution is -3.00. The Labute approximate surface area is 90.5 Å². The van der Waals surface area contributed by atoms with E-state index in [2.05, 4.69) is 7.05 Å². The fourth-order valence-electron chi connectivity index (χ4n) is 1.21. The van der Waals surface area contributed by atoms with E-state index in [1.54, 1.807) is 0 Å². The molecule has 0 atom stereocenters. The molecule has 0 bridgehead atoms. The summed E-state index contributed by atoms with van der Waals surface area (Å²) in [6.45, 7) is 5.10. The highest BCUT2D eigenvalue weighted by atomic mass is 127. The van der Waals surface area contributed by atoms with Gasteiger partial charge >= 0.3 is 0 Å². The standard InChI is InChI=1S/C7H15ClNO.HI/c1-9(3-2-8)4-6-10-7-5-9;/h2-7H2,1H3;1H/q+1;/p-1. The number of ether oxygens (including phenoxy) is 1. The average molecular weight is 292 g/mol. The van der Waals surface area contributed by atoms with E-state index in [0.717, 1.165) is 43.2 Å². The third kappa shape index (κ3) is 3.92. The lowest BCUT2D eigenvalue weighted by Gasteiger charge is -2.36. The van der Waals surface area contributed by atoms with Crippen molar-refractivity contribution in [2.75, 3.05) is 45.8 Å². The molecule has 0 amide bonds. The molecule has 0 aliphatic carbocycles. The van der Waals surface area contributed by atoms with Gasteiger partial charge in [-0.1, -0.05) is 0 Å². The molecule has 1 fully saturated rings. The molecule has 1 aliphatic heterocycles. The Morgan fingerprint density at radius 1 is 1.36 bits per heavy atom. The van der Waals surface area contributed by atoms with Crippen LogP contribution in [0.25, 0.3) is 0 Å². The van der Waals surface area contributed by atoms with Crippen LogP contribution in [0, 0.1) is 0 Å². The maximum atomic E-state index is 5.67. The molecule has 0 saturated carbocycles. The second kappa shape index (κ2) is 5.56. The van der Waals surface area contributed by atoms with Crippen LogP contribution in [0.1, 0.15) is 0 Å². The molecule has 2 nitrogen and oxygen atoms in total. The Morgan fingerprint density at radius 3 is 2.36 bits per heavy atom. The Kier molecular flexibility index (Phi) is 6.04. The topological polar surface area (TPSA) is 9.23 Å². The van der Waals surface area contributed by atoms with Gasteiger partial charge in [0, 0.05) is 0 Å². The Balaban J connectivity index is 0.000001000. The maximum Gasteiger partial charge on any atom is 0.102 e. The minimum absolute atomic E-state index is 0. The first-order chi connectivity index (χ1) is 4.77. The molecule has 0 aromatic heterocycles. The molecule has 0 aromatic carbocycles. The monoisotopic (exact) mass is 291 g/mol. The number of nitrogens with zero attached hydrogens (tertiary/aromatic N) is 1. The van der Waals surface area contributed by atoms with Crippen molar-refractivity contribution in [2.45, 2.75) is 0 Å². The van der Waals surface area contributed by atoms with Crippen LogP contribution >= 0.6 is 11.6 Å². The van der Waals surface area contributed by atoms with E-state index < -0.39 is 0 Å². The van der Waals surface area contributed by atoms with Crippen molar-refractivity contribution in [3.63, 3.8) is 0 Å². The number of likely N-dealkylation sites (N-methyl/N-ethyl adjacent to an activating group) is 1. The van der Waals surface area contributed by atoms with Crippen molar-refractivity contribution in [1.29, 1.82) is 0 Å².